The predicted molar refractivity (Wildman–Crippen MR) is 137 cm³/mol. The molecule has 9 heteroatoms. The third-order valence-corrected chi connectivity index (χ3v) is 8.04. The number of carbonyl (C=O) groups is 1. The number of likely N-dealkylation sites (tertiary alicyclic amines) is 1. The van der Waals surface area contributed by atoms with Crippen LogP contribution in [0.2, 0.25) is 0 Å². The van der Waals surface area contributed by atoms with Crippen molar-refractivity contribution >= 4 is 11.9 Å². The maximum absolute atomic E-state index is 12.0. The first-order valence-corrected chi connectivity index (χ1v) is 13.4. The van der Waals surface area contributed by atoms with E-state index in [1.54, 1.807) is 0 Å². The zero-order chi connectivity index (χ0) is 25.0. The number of pyridine rings is 1. The molecular weight excluding hydrogens is 454 g/mol. The van der Waals surface area contributed by atoms with Gasteiger partial charge in [0.2, 0.25) is 0 Å². The van der Waals surface area contributed by atoms with Crippen molar-refractivity contribution in [1.82, 2.24) is 24.6 Å². The number of hydrogen-bond acceptors (Lipinski definition) is 7. The van der Waals surface area contributed by atoms with Crippen molar-refractivity contribution in [2.45, 2.75) is 58.0 Å². The SMILES string of the molecule is CCOC(=O)N1CC2(CC[C@@H](N3CCN(c4ncccc4-c4cnn(CCCCC#N)c4)CC3)C2)C1. The van der Waals surface area contributed by atoms with Crippen LogP contribution in [0.3, 0.4) is 0 Å². The van der Waals surface area contributed by atoms with Crippen LogP contribution in [0.25, 0.3) is 11.1 Å². The van der Waals surface area contributed by atoms with Gasteiger partial charge in [0.1, 0.15) is 5.82 Å². The highest BCUT2D eigenvalue weighted by Gasteiger charge is 2.51. The Morgan fingerprint density at radius 1 is 1.25 bits per heavy atom. The molecule has 2 aromatic rings. The van der Waals surface area contributed by atoms with Crippen molar-refractivity contribution in [3.05, 3.63) is 30.7 Å². The lowest BCUT2D eigenvalue weighted by atomic mass is 9.78. The summed E-state index contributed by atoms with van der Waals surface area (Å²) in [6.45, 7) is 8.84. The van der Waals surface area contributed by atoms with Crippen LogP contribution >= 0.6 is 0 Å². The smallest absolute Gasteiger partial charge is 0.409 e. The van der Waals surface area contributed by atoms with Gasteiger partial charge in [0.25, 0.3) is 0 Å². The molecule has 1 aliphatic carbocycles. The Labute approximate surface area is 213 Å². The third kappa shape index (κ3) is 5.19. The number of unbranched alkanes of at least 4 members (excludes halogenated alkanes) is 2. The largest absolute Gasteiger partial charge is 0.450 e. The number of rotatable bonds is 8. The Morgan fingerprint density at radius 2 is 2.08 bits per heavy atom. The summed E-state index contributed by atoms with van der Waals surface area (Å²) in [6.07, 6.45) is 11.8. The Morgan fingerprint density at radius 3 is 2.86 bits per heavy atom. The van der Waals surface area contributed by atoms with Crippen LogP contribution in [0.4, 0.5) is 10.6 Å². The van der Waals surface area contributed by atoms with Gasteiger partial charge in [0.05, 0.1) is 18.9 Å². The van der Waals surface area contributed by atoms with Crippen molar-refractivity contribution in [3.63, 3.8) is 0 Å². The summed E-state index contributed by atoms with van der Waals surface area (Å²) in [4.78, 5) is 23.7. The molecule has 1 amide bonds. The molecule has 2 aliphatic heterocycles. The second kappa shape index (κ2) is 10.9. The molecule has 3 aliphatic rings. The van der Waals surface area contributed by atoms with E-state index >= 15 is 0 Å². The van der Waals surface area contributed by atoms with Gasteiger partial charge in [0.15, 0.2) is 0 Å². The van der Waals surface area contributed by atoms with Crippen LogP contribution in [0, 0.1) is 16.7 Å². The van der Waals surface area contributed by atoms with Gasteiger partial charge in [-0.05, 0) is 51.2 Å². The first-order valence-electron chi connectivity index (χ1n) is 13.4. The van der Waals surface area contributed by atoms with E-state index in [1.165, 1.54) is 19.3 Å². The topological polar surface area (TPSA) is 90.5 Å². The van der Waals surface area contributed by atoms with Crippen molar-refractivity contribution in [2.24, 2.45) is 5.41 Å². The summed E-state index contributed by atoms with van der Waals surface area (Å²) >= 11 is 0. The van der Waals surface area contributed by atoms with Crippen molar-refractivity contribution in [2.75, 3.05) is 50.8 Å². The number of ether oxygens (including phenoxy) is 1. The van der Waals surface area contributed by atoms with E-state index in [-0.39, 0.29) is 6.09 Å². The maximum atomic E-state index is 12.0. The Bertz CT molecular complexity index is 1080. The molecule has 4 heterocycles. The Kier molecular flexibility index (Phi) is 7.42. The number of amides is 1. The number of nitriles is 1. The lowest BCUT2D eigenvalue weighted by Gasteiger charge is -2.48. The Hall–Kier alpha value is -3.12. The molecule has 0 unspecified atom stereocenters. The average molecular weight is 492 g/mol. The fourth-order valence-corrected chi connectivity index (χ4v) is 6.16. The van der Waals surface area contributed by atoms with Crippen LogP contribution in [0.5, 0.6) is 0 Å². The highest BCUT2D eigenvalue weighted by atomic mass is 16.6. The molecule has 1 atom stereocenters. The summed E-state index contributed by atoms with van der Waals surface area (Å²) in [5.74, 6) is 1.04. The van der Waals surface area contributed by atoms with E-state index in [0.29, 0.717) is 24.5 Å². The molecule has 192 valence electrons. The quantitative estimate of drug-likeness (QED) is 0.519. The zero-order valence-corrected chi connectivity index (χ0v) is 21.3. The fraction of sp³-hybridized carbons (Fsp3) is 0.630. The standard InChI is InChI=1S/C27H37N7O2/c1-2-36-26(35)33-20-27(21-33)9-8-23(17-27)31-13-15-32(16-14-31)25-24(7-6-11-29-25)22-18-30-34(19-22)12-5-3-4-10-28/h6-7,11,18-19,23H,2-5,8-9,12-17,20-21H2,1H3/t23-/m1/s1. The number of aromatic nitrogens is 3. The zero-order valence-electron chi connectivity index (χ0n) is 21.3. The second-order valence-electron chi connectivity index (χ2n) is 10.5. The number of anilines is 1. The molecule has 3 fully saturated rings. The minimum absolute atomic E-state index is 0.157. The number of hydrogen-bond donors (Lipinski definition) is 0. The number of aryl methyl sites for hydroxylation is 1. The maximum Gasteiger partial charge on any atom is 0.409 e. The molecular formula is C27H37N7O2. The summed E-state index contributed by atoms with van der Waals surface area (Å²) in [6, 6.07) is 6.95. The van der Waals surface area contributed by atoms with Crippen LogP contribution in [0.15, 0.2) is 30.7 Å². The third-order valence-electron chi connectivity index (χ3n) is 8.04. The lowest BCUT2D eigenvalue weighted by molar-refractivity contribution is -0.00294. The molecule has 0 bridgehead atoms. The van der Waals surface area contributed by atoms with E-state index in [0.717, 1.165) is 75.6 Å². The van der Waals surface area contributed by atoms with E-state index in [4.69, 9.17) is 15.0 Å². The van der Waals surface area contributed by atoms with Gasteiger partial charge in [-0.15, -0.1) is 0 Å². The minimum atomic E-state index is -0.157. The number of carbonyl (C=O) groups excluding carboxylic acids is 1. The van der Waals surface area contributed by atoms with Gasteiger partial charge < -0.3 is 14.5 Å². The summed E-state index contributed by atoms with van der Waals surface area (Å²) in [5.41, 5.74) is 2.52. The number of piperazine rings is 1. The van der Waals surface area contributed by atoms with Crippen LogP contribution in [-0.2, 0) is 11.3 Å². The summed E-state index contributed by atoms with van der Waals surface area (Å²) in [7, 11) is 0. The number of nitrogens with zero attached hydrogens (tertiary/aromatic N) is 7. The van der Waals surface area contributed by atoms with Crippen LogP contribution < -0.4 is 4.90 Å². The second-order valence-corrected chi connectivity index (χ2v) is 10.5. The fourth-order valence-electron chi connectivity index (χ4n) is 6.16. The van der Waals surface area contributed by atoms with E-state index in [2.05, 4.69) is 33.2 Å². The molecule has 0 aromatic carbocycles. The Balaban J connectivity index is 1.15. The normalized spacial score (nSPS) is 21.4. The molecule has 5 rings (SSSR count). The van der Waals surface area contributed by atoms with E-state index in [1.807, 2.05) is 35.0 Å². The summed E-state index contributed by atoms with van der Waals surface area (Å²) in [5, 5.41) is 13.3. The van der Waals surface area contributed by atoms with E-state index in [9.17, 15) is 4.79 Å². The molecule has 9 nitrogen and oxygen atoms in total. The van der Waals surface area contributed by atoms with Gasteiger partial charge in [0, 0.05) is 87.2 Å². The van der Waals surface area contributed by atoms with Gasteiger partial charge in [-0.3, -0.25) is 9.58 Å². The predicted octanol–water partition coefficient (Wildman–Crippen LogP) is 3.77. The molecule has 1 saturated carbocycles. The summed E-state index contributed by atoms with van der Waals surface area (Å²) < 4.78 is 7.14. The van der Waals surface area contributed by atoms with Gasteiger partial charge in [-0.2, -0.15) is 10.4 Å². The molecule has 2 aromatic heterocycles. The monoisotopic (exact) mass is 491 g/mol. The molecule has 0 radical (unpaired) electrons. The van der Waals surface area contributed by atoms with Crippen molar-refractivity contribution < 1.29 is 9.53 Å². The molecule has 2 saturated heterocycles. The molecule has 1 spiro atoms. The van der Waals surface area contributed by atoms with Crippen molar-refractivity contribution in [1.29, 1.82) is 5.26 Å². The van der Waals surface area contributed by atoms with Gasteiger partial charge in [-0.25, -0.2) is 9.78 Å². The van der Waals surface area contributed by atoms with Gasteiger partial charge in [-0.1, -0.05) is 0 Å². The highest BCUT2D eigenvalue weighted by molar-refractivity contribution is 5.75. The van der Waals surface area contributed by atoms with Crippen molar-refractivity contribution in [3.8, 4) is 17.2 Å². The first kappa shape index (κ1) is 24.6. The molecule has 0 N–H and O–H groups in total. The van der Waals surface area contributed by atoms with Gasteiger partial charge >= 0.3 is 6.09 Å². The first-order chi connectivity index (χ1) is 17.6. The lowest BCUT2D eigenvalue weighted by Crippen LogP contribution is -2.58. The average Bonchev–Trinajstić information content (AvgIpc) is 3.54. The van der Waals surface area contributed by atoms with Crippen LogP contribution in [0.1, 0.15) is 45.4 Å². The minimum Gasteiger partial charge on any atom is -0.450 e. The van der Waals surface area contributed by atoms with Crippen LogP contribution in [-0.4, -0.2) is 82.6 Å². The van der Waals surface area contributed by atoms with E-state index < -0.39 is 0 Å². The highest BCUT2D eigenvalue weighted by Crippen LogP contribution is 2.47. The molecule has 36 heavy (non-hydrogen) atoms.